The van der Waals surface area contributed by atoms with Gasteiger partial charge in [0.15, 0.2) is 5.76 Å². The summed E-state index contributed by atoms with van der Waals surface area (Å²) < 4.78 is 11.1. The minimum Gasteiger partial charge on any atom is -0.451 e. The standard InChI is InChI=1S/C30H25N3O6/c34-29-19-25(24-12-4-5-13-27(24)39-29)31-16-7-17-32(20-21-8-2-1-3-9-21)30(35)28-15-14-26(38-28)22-10-6-11-23(18-22)33(36)37/h1-6,8-15,18-19,31H,7,16-17,20H2. The van der Waals surface area contributed by atoms with Crippen molar-refractivity contribution in [2.75, 3.05) is 18.4 Å². The highest BCUT2D eigenvalue weighted by atomic mass is 16.6. The van der Waals surface area contributed by atoms with Gasteiger partial charge in [0.25, 0.3) is 11.6 Å². The van der Waals surface area contributed by atoms with Crippen molar-refractivity contribution in [1.82, 2.24) is 4.90 Å². The topological polar surface area (TPSA) is 119 Å². The average molecular weight is 524 g/mol. The molecule has 9 heteroatoms. The molecule has 9 nitrogen and oxygen atoms in total. The molecule has 196 valence electrons. The zero-order valence-electron chi connectivity index (χ0n) is 20.9. The molecule has 0 atom stereocenters. The summed E-state index contributed by atoms with van der Waals surface area (Å²) in [5.41, 5.74) is 2.17. The third-order valence-electron chi connectivity index (χ3n) is 6.23. The second-order valence-electron chi connectivity index (χ2n) is 8.94. The number of carbonyl (C=O) groups is 1. The minimum absolute atomic E-state index is 0.0565. The number of hydrogen-bond donors (Lipinski definition) is 1. The number of rotatable bonds is 10. The molecule has 0 aliphatic carbocycles. The molecule has 0 spiro atoms. The number of anilines is 1. The van der Waals surface area contributed by atoms with Crippen LogP contribution in [-0.2, 0) is 6.54 Å². The molecule has 0 saturated heterocycles. The third-order valence-corrected chi connectivity index (χ3v) is 6.23. The number of carbonyl (C=O) groups excluding carboxylic acids is 1. The van der Waals surface area contributed by atoms with Gasteiger partial charge >= 0.3 is 5.63 Å². The van der Waals surface area contributed by atoms with Crippen LogP contribution >= 0.6 is 0 Å². The highest BCUT2D eigenvalue weighted by Crippen LogP contribution is 2.27. The molecule has 5 rings (SSSR count). The first kappa shape index (κ1) is 25.5. The van der Waals surface area contributed by atoms with Crippen LogP contribution in [0, 0.1) is 10.1 Å². The Morgan fingerprint density at radius 2 is 1.69 bits per heavy atom. The van der Waals surface area contributed by atoms with E-state index in [0.29, 0.717) is 48.6 Å². The first-order valence-corrected chi connectivity index (χ1v) is 12.4. The number of furan rings is 1. The van der Waals surface area contributed by atoms with Crippen LogP contribution in [0.1, 0.15) is 22.5 Å². The van der Waals surface area contributed by atoms with Gasteiger partial charge in [-0.3, -0.25) is 14.9 Å². The number of nitrogens with zero attached hydrogens (tertiary/aromatic N) is 2. The van der Waals surface area contributed by atoms with Gasteiger partial charge in [-0.1, -0.05) is 54.6 Å². The van der Waals surface area contributed by atoms with E-state index in [1.54, 1.807) is 41.3 Å². The maximum absolute atomic E-state index is 13.5. The second kappa shape index (κ2) is 11.5. The van der Waals surface area contributed by atoms with E-state index < -0.39 is 10.5 Å². The molecule has 0 saturated carbocycles. The van der Waals surface area contributed by atoms with Crippen LogP contribution in [0.3, 0.4) is 0 Å². The molecule has 0 radical (unpaired) electrons. The van der Waals surface area contributed by atoms with Crippen molar-refractivity contribution in [3.63, 3.8) is 0 Å². The summed E-state index contributed by atoms with van der Waals surface area (Å²) in [6.07, 6.45) is 0.603. The molecule has 0 unspecified atom stereocenters. The van der Waals surface area contributed by atoms with E-state index in [1.807, 2.05) is 42.5 Å². The maximum Gasteiger partial charge on any atom is 0.338 e. The van der Waals surface area contributed by atoms with Gasteiger partial charge in [0.05, 0.1) is 10.6 Å². The predicted octanol–water partition coefficient (Wildman–Crippen LogP) is 6.11. The number of fused-ring (bicyclic) bond motifs is 1. The van der Waals surface area contributed by atoms with Crippen LogP contribution < -0.4 is 10.9 Å². The fraction of sp³-hybridized carbons (Fsp3) is 0.133. The maximum atomic E-state index is 13.5. The van der Waals surface area contributed by atoms with Crippen LogP contribution in [0.15, 0.2) is 111 Å². The largest absolute Gasteiger partial charge is 0.451 e. The Labute approximate surface area is 223 Å². The van der Waals surface area contributed by atoms with Gasteiger partial charge in [-0.25, -0.2) is 4.79 Å². The van der Waals surface area contributed by atoms with E-state index in [1.165, 1.54) is 18.2 Å². The Bertz CT molecular complexity index is 1680. The third kappa shape index (κ3) is 6.04. The lowest BCUT2D eigenvalue weighted by Gasteiger charge is -2.22. The van der Waals surface area contributed by atoms with Gasteiger partial charge in [-0.15, -0.1) is 0 Å². The fourth-order valence-electron chi connectivity index (χ4n) is 4.34. The molecule has 0 bridgehead atoms. The Balaban J connectivity index is 1.31. The normalized spacial score (nSPS) is 10.9. The number of para-hydroxylation sites is 1. The van der Waals surface area contributed by atoms with Crippen molar-refractivity contribution in [1.29, 1.82) is 0 Å². The number of hydrogen-bond acceptors (Lipinski definition) is 7. The van der Waals surface area contributed by atoms with Crippen molar-refractivity contribution in [2.24, 2.45) is 0 Å². The highest BCUT2D eigenvalue weighted by molar-refractivity contribution is 5.92. The van der Waals surface area contributed by atoms with Crippen molar-refractivity contribution in [2.45, 2.75) is 13.0 Å². The monoisotopic (exact) mass is 523 g/mol. The molecule has 1 N–H and O–H groups in total. The van der Waals surface area contributed by atoms with Gasteiger partial charge in [0, 0.05) is 48.8 Å². The Morgan fingerprint density at radius 3 is 2.51 bits per heavy atom. The molecule has 2 heterocycles. The number of nitrogens with one attached hydrogen (secondary N) is 1. The number of amides is 1. The lowest BCUT2D eigenvalue weighted by molar-refractivity contribution is -0.384. The lowest BCUT2D eigenvalue weighted by Crippen LogP contribution is -2.32. The van der Waals surface area contributed by atoms with Gasteiger partial charge in [-0.2, -0.15) is 0 Å². The first-order chi connectivity index (χ1) is 19.0. The molecule has 5 aromatic rings. The minimum atomic E-state index is -0.473. The van der Waals surface area contributed by atoms with Crippen molar-refractivity contribution in [3.05, 3.63) is 129 Å². The summed E-state index contributed by atoms with van der Waals surface area (Å²) in [5.74, 6) is 0.228. The summed E-state index contributed by atoms with van der Waals surface area (Å²) in [6, 6.07) is 27.7. The molecular formula is C30H25N3O6. The van der Waals surface area contributed by atoms with E-state index in [0.717, 1.165) is 10.9 Å². The van der Waals surface area contributed by atoms with Gasteiger partial charge in [0.1, 0.15) is 11.3 Å². The first-order valence-electron chi connectivity index (χ1n) is 12.4. The smallest absolute Gasteiger partial charge is 0.338 e. The molecule has 0 fully saturated rings. The van der Waals surface area contributed by atoms with Crippen LogP contribution in [0.4, 0.5) is 11.4 Å². The number of nitro benzene ring substituents is 1. The highest BCUT2D eigenvalue weighted by Gasteiger charge is 2.21. The summed E-state index contributed by atoms with van der Waals surface area (Å²) in [4.78, 5) is 37.8. The van der Waals surface area contributed by atoms with Crippen molar-refractivity contribution in [3.8, 4) is 11.3 Å². The molecule has 0 aliphatic rings. The number of benzene rings is 3. The van der Waals surface area contributed by atoms with E-state index in [-0.39, 0.29) is 17.4 Å². The average Bonchev–Trinajstić information content (AvgIpc) is 3.45. The van der Waals surface area contributed by atoms with Crippen LogP contribution in [-0.4, -0.2) is 28.8 Å². The lowest BCUT2D eigenvalue weighted by atomic mass is 10.1. The summed E-state index contributed by atoms with van der Waals surface area (Å²) >= 11 is 0. The quantitative estimate of drug-likeness (QED) is 0.102. The van der Waals surface area contributed by atoms with Gasteiger partial charge in [-0.05, 0) is 36.2 Å². The predicted molar refractivity (Wildman–Crippen MR) is 148 cm³/mol. The van der Waals surface area contributed by atoms with E-state index in [4.69, 9.17) is 8.83 Å². The molecule has 3 aromatic carbocycles. The van der Waals surface area contributed by atoms with Crippen LogP contribution in [0.5, 0.6) is 0 Å². The SMILES string of the molecule is O=C(c1ccc(-c2cccc([N+](=O)[O-])c2)o1)N(CCCNc1cc(=O)oc2ccccc12)Cc1ccccc1. The Kier molecular flexibility index (Phi) is 7.49. The van der Waals surface area contributed by atoms with E-state index >= 15 is 0 Å². The van der Waals surface area contributed by atoms with E-state index in [2.05, 4.69) is 5.32 Å². The van der Waals surface area contributed by atoms with Gasteiger partial charge < -0.3 is 19.1 Å². The zero-order valence-corrected chi connectivity index (χ0v) is 20.9. The molecule has 39 heavy (non-hydrogen) atoms. The Morgan fingerprint density at radius 1 is 0.897 bits per heavy atom. The number of non-ortho nitro benzene ring substituents is 1. The summed E-state index contributed by atoms with van der Waals surface area (Å²) in [5, 5.41) is 15.2. The fourth-order valence-corrected chi connectivity index (χ4v) is 4.34. The summed E-state index contributed by atoms with van der Waals surface area (Å²) in [6.45, 7) is 1.32. The molecule has 2 aromatic heterocycles. The van der Waals surface area contributed by atoms with Crippen molar-refractivity contribution >= 4 is 28.3 Å². The molecule has 0 aliphatic heterocycles. The summed E-state index contributed by atoms with van der Waals surface area (Å²) in [7, 11) is 0. The van der Waals surface area contributed by atoms with Crippen LogP contribution in [0.25, 0.3) is 22.3 Å². The van der Waals surface area contributed by atoms with Crippen molar-refractivity contribution < 1.29 is 18.6 Å². The van der Waals surface area contributed by atoms with Crippen LogP contribution in [0.2, 0.25) is 0 Å². The second-order valence-corrected chi connectivity index (χ2v) is 8.94. The molecule has 1 amide bonds. The van der Waals surface area contributed by atoms with Gasteiger partial charge in [0.2, 0.25) is 0 Å². The number of nitro groups is 1. The molecular weight excluding hydrogens is 498 g/mol. The zero-order chi connectivity index (χ0) is 27.2. The Hall–Kier alpha value is -5.18. The van der Waals surface area contributed by atoms with E-state index in [9.17, 15) is 19.7 Å².